The molecule has 0 radical (unpaired) electrons. The fourth-order valence-corrected chi connectivity index (χ4v) is 1.47. The SMILES string of the molecule is CC(C)OCCN(C)c1cc(N)nc(C(C)C)n1. The van der Waals surface area contributed by atoms with E-state index in [4.69, 9.17) is 10.5 Å². The Bertz CT molecular complexity index is 379. The van der Waals surface area contributed by atoms with Crippen molar-refractivity contribution in [3.8, 4) is 0 Å². The predicted molar refractivity (Wildman–Crippen MR) is 74.9 cm³/mol. The van der Waals surface area contributed by atoms with E-state index in [2.05, 4.69) is 23.8 Å². The van der Waals surface area contributed by atoms with Gasteiger partial charge in [0.15, 0.2) is 0 Å². The smallest absolute Gasteiger partial charge is 0.135 e. The molecule has 0 amide bonds. The molecule has 5 heteroatoms. The zero-order valence-electron chi connectivity index (χ0n) is 12.0. The second-order valence-electron chi connectivity index (χ2n) is 5.01. The molecule has 2 N–H and O–H groups in total. The molecule has 102 valence electrons. The molecule has 0 unspecified atom stereocenters. The van der Waals surface area contributed by atoms with Gasteiger partial charge in [-0.25, -0.2) is 9.97 Å². The Balaban J connectivity index is 2.69. The summed E-state index contributed by atoms with van der Waals surface area (Å²) < 4.78 is 5.53. The number of aromatic nitrogens is 2. The second-order valence-corrected chi connectivity index (χ2v) is 5.01. The van der Waals surface area contributed by atoms with Crippen LogP contribution in [0.5, 0.6) is 0 Å². The lowest BCUT2D eigenvalue weighted by Crippen LogP contribution is -2.25. The highest BCUT2D eigenvalue weighted by Gasteiger charge is 2.09. The molecule has 0 aromatic carbocycles. The number of hydrogen-bond acceptors (Lipinski definition) is 5. The molecular weight excluding hydrogens is 228 g/mol. The fraction of sp³-hybridized carbons (Fsp3) is 0.692. The molecule has 0 saturated carbocycles. The summed E-state index contributed by atoms with van der Waals surface area (Å²) in [7, 11) is 1.98. The van der Waals surface area contributed by atoms with Crippen LogP contribution in [0.3, 0.4) is 0 Å². The number of nitrogens with zero attached hydrogens (tertiary/aromatic N) is 3. The van der Waals surface area contributed by atoms with Crippen molar-refractivity contribution in [2.24, 2.45) is 0 Å². The van der Waals surface area contributed by atoms with Gasteiger partial charge in [0.1, 0.15) is 17.5 Å². The zero-order chi connectivity index (χ0) is 13.7. The minimum Gasteiger partial charge on any atom is -0.384 e. The van der Waals surface area contributed by atoms with E-state index in [-0.39, 0.29) is 12.0 Å². The van der Waals surface area contributed by atoms with Gasteiger partial charge in [0.2, 0.25) is 0 Å². The molecule has 0 spiro atoms. The predicted octanol–water partition coefficient (Wildman–Crippen LogP) is 2.04. The number of hydrogen-bond donors (Lipinski definition) is 1. The summed E-state index contributed by atoms with van der Waals surface area (Å²) in [6.45, 7) is 9.63. The summed E-state index contributed by atoms with van der Waals surface area (Å²) >= 11 is 0. The molecule has 1 aromatic heterocycles. The minimum absolute atomic E-state index is 0.250. The largest absolute Gasteiger partial charge is 0.384 e. The number of nitrogen functional groups attached to an aromatic ring is 1. The maximum Gasteiger partial charge on any atom is 0.135 e. The molecule has 1 heterocycles. The Hall–Kier alpha value is -1.36. The molecule has 0 atom stereocenters. The molecule has 0 bridgehead atoms. The average Bonchev–Trinajstić information content (AvgIpc) is 2.27. The lowest BCUT2D eigenvalue weighted by molar-refractivity contribution is 0.0845. The first-order valence-corrected chi connectivity index (χ1v) is 6.37. The third-order valence-corrected chi connectivity index (χ3v) is 2.54. The summed E-state index contributed by atoms with van der Waals surface area (Å²) in [4.78, 5) is 10.8. The molecule has 0 aliphatic heterocycles. The van der Waals surface area contributed by atoms with E-state index in [9.17, 15) is 0 Å². The summed E-state index contributed by atoms with van der Waals surface area (Å²) in [5, 5.41) is 0. The highest BCUT2D eigenvalue weighted by Crippen LogP contribution is 2.17. The summed E-state index contributed by atoms with van der Waals surface area (Å²) in [6, 6.07) is 1.79. The van der Waals surface area contributed by atoms with Crippen molar-refractivity contribution < 1.29 is 4.74 Å². The highest BCUT2D eigenvalue weighted by atomic mass is 16.5. The topological polar surface area (TPSA) is 64.3 Å². The molecule has 0 fully saturated rings. The maximum atomic E-state index is 5.80. The van der Waals surface area contributed by atoms with Gasteiger partial charge in [-0.05, 0) is 13.8 Å². The van der Waals surface area contributed by atoms with Crippen molar-refractivity contribution in [2.75, 3.05) is 30.8 Å². The number of ether oxygens (including phenoxy) is 1. The summed E-state index contributed by atoms with van der Waals surface area (Å²) in [6.07, 6.45) is 0.250. The van der Waals surface area contributed by atoms with Gasteiger partial charge >= 0.3 is 0 Å². The van der Waals surface area contributed by atoms with Gasteiger partial charge in [-0.1, -0.05) is 13.8 Å². The molecule has 0 aliphatic rings. The summed E-state index contributed by atoms with van der Waals surface area (Å²) in [5.41, 5.74) is 5.80. The van der Waals surface area contributed by atoms with E-state index in [1.807, 2.05) is 25.8 Å². The first-order chi connectivity index (χ1) is 8.40. The van der Waals surface area contributed by atoms with Gasteiger partial charge in [-0.15, -0.1) is 0 Å². The minimum atomic E-state index is 0.250. The van der Waals surface area contributed by atoms with Gasteiger partial charge in [0.25, 0.3) is 0 Å². The standard InChI is InChI=1S/C13H24N4O/c1-9(2)13-15-11(14)8-12(16-13)17(5)6-7-18-10(3)4/h8-10H,6-7H2,1-5H3,(H2,14,15,16). The summed E-state index contributed by atoms with van der Waals surface area (Å²) in [5.74, 6) is 2.41. The van der Waals surface area contributed by atoms with E-state index in [1.165, 1.54) is 0 Å². The molecule has 5 nitrogen and oxygen atoms in total. The third kappa shape index (κ3) is 4.49. The monoisotopic (exact) mass is 252 g/mol. The van der Waals surface area contributed by atoms with Crippen LogP contribution in [-0.2, 0) is 4.74 Å². The van der Waals surface area contributed by atoms with Crippen LogP contribution in [-0.4, -0.2) is 36.3 Å². The van der Waals surface area contributed by atoms with E-state index in [0.29, 0.717) is 12.4 Å². The van der Waals surface area contributed by atoms with Gasteiger partial charge in [0.05, 0.1) is 12.7 Å². The number of anilines is 2. The fourth-order valence-electron chi connectivity index (χ4n) is 1.47. The second kappa shape index (κ2) is 6.54. The first-order valence-electron chi connectivity index (χ1n) is 6.37. The quantitative estimate of drug-likeness (QED) is 0.839. The molecule has 1 rings (SSSR count). The molecular formula is C13H24N4O. The molecule has 18 heavy (non-hydrogen) atoms. The Labute approximate surface area is 109 Å². The van der Waals surface area contributed by atoms with Crippen LogP contribution in [0.1, 0.15) is 39.4 Å². The van der Waals surface area contributed by atoms with Gasteiger partial charge in [-0.3, -0.25) is 0 Å². The number of likely N-dealkylation sites (N-methyl/N-ethyl adjacent to an activating group) is 1. The van der Waals surface area contributed by atoms with Crippen LogP contribution >= 0.6 is 0 Å². The Morgan fingerprint density at radius 3 is 2.50 bits per heavy atom. The number of rotatable bonds is 6. The third-order valence-electron chi connectivity index (χ3n) is 2.54. The van der Waals surface area contributed by atoms with Crippen molar-refractivity contribution in [1.29, 1.82) is 0 Å². The first kappa shape index (κ1) is 14.7. The van der Waals surface area contributed by atoms with Crippen molar-refractivity contribution in [1.82, 2.24) is 9.97 Å². The van der Waals surface area contributed by atoms with Crippen LogP contribution in [0.25, 0.3) is 0 Å². The van der Waals surface area contributed by atoms with Crippen molar-refractivity contribution >= 4 is 11.6 Å². The van der Waals surface area contributed by atoms with Gasteiger partial charge in [0, 0.05) is 25.6 Å². The molecule has 1 aromatic rings. The molecule has 0 saturated heterocycles. The van der Waals surface area contributed by atoms with Crippen molar-refractivity contribution in [3.05, 3.63) is 11.9 Å². The number of nitrogens with two attached hydrogens (primary N) is 1. The molecule has 0 aliphatic carbocycles. The van der Waals surface area contributed by atoms with Gasteiger partial charge < -0.3 is 15.4 Å². The normalized spacial score (nSPS) is 11.3. The lowest BCUT2D eigenvalue weighted by atomic mass is 10.2. The van der Waals surface area contributed by atoms with Crippen LogP contribution in [0.15, 0.2) is 6.07 Å². The maximum absolute atomic E-state index is 5.80. The van der Waals surface area contributed by atoms with Crippen LogP contribution in [0.2, 0.25) is 0 Å². The van der Waals surface area contributed by atoms with Crippen LogP contribution in [0.4, 0.5) is 11.6 Å². The highest BCUT2D eigenvalue weighted by molar-refractivity contribution is 5.46. The Kier molecular flexibility index (Phi) is 5.34. The van der Waals surface area contributed by atoms with Crippen LogP contribution in [0, 0.1) is 0 Å². The zero-order valence-corrected chi connectivity index (χ0v) is 12.0. The van der Waals surface area contributed by atoms with E-state index >= 15 is 0 Å². The van der Waals surface area contributed by atoms with E-state index in [0.717, 1.165) is 18.2 Å². The van der Waals surface area contributed by atoms with Crippen molar-refractivity contribution in [3.63, 3.8) is 0 Å². The lowest BCUT2D eigenvalue weighted by Gasteiger charge is -2.20. The van der Waals surface area contributed by atoms with Crippen LogP contribution < -0.4 is 10.6 Å². The van der Waals surface area contributed by atoms with E-state index in [1.54, 1.807) is 6.07 Å². The average molecular weight is 252 g/mol. The Morgan fingerprint density at radius 2 is 1.94 bits per heavy atom. The van der Waals surface area contributed by atoms with E-state index < -0.39 is 0 Å². The van der Waals surface area contributed by atoms with Gasteiger partial charge in [-0.2, -0.15) is 0 Å². The Morgan fingerprint density at radius 1 is 1.28 bits per heavy atom. The van der Waals surface area contributed by atoms with Crippen molar-refractivity contribution in [2.45, 2.75) is 39.7 Å².